The SMILES string of the molecule is C#C[P+](O)(OCC)OCC. The molecule has 0 aromatic rings. The Morgan fingerprint density at radius 2 is 1.80 bits per heavy atom. The Morgan fingerprint density at radius 1 is 1.40 bits per heavy atom. The number of rotatable bonds is 4. The minimum absolute atomic E-state index is 0.370. The fourth-order valence-electron chi connectivity index (χ4n) is 0.462. The molecule has 10 heavy (non-hydrogen) atoms. The van der Waals surface area contributed by atoms with Crippen LogP contribution in [-0.2, 0) is 9.05 Å². The zero-order valence-electron chi connectivity index (χ0n) is 6.20. The van der Waals surface area contributed by atoms with Gasteiger partial charge in [-0.2, -0.15) is 13.9 Å². The van der Waals surface area contributed by atoms with Gasteiger partial charge in [0.1, 0.15) is 0 Å². The minimum Gasteiger partial charge on any atom is -0.182 e. The highest BCUT2D eigenvalue weighted by atomic mass is 31.2. The first-order chi connectivity index (χ1) is 4.68. The molecule has 0 saturated heterocycles. The van der Waals surface area contributed by atoms with Crippen LogP contribution in [0.25, 0.3) is 0 Å². The second-order valence-electron chi connectivity index (χ2n) is 1.49. The highest BCUT2D eigenvalue weighted by Gasteiger charge is 2.37. The van der Waals surface area contributed by atoms with E-state index in [0.717, 1.165) is 0 Å². The summed E-state index contributed by atoms with van der Waals surface area (Å²) < 4.78 is 9.65. The summed E-state index contributed by atoms with van der Waals surface area (Å²) in [7, 11) is -2.92. The second-order valence-corrected chi connectivity index (χ2v) is 3.30. The van der Waals surface area contributed by atoms with E-state index in [0.29, 0.717) is 13.2 Å². The Labute approximate surface area is 61.9 Å². The van der Waals surface area contributed by atoms with E-state index in [1.54, 1.807) is 13.8 Å². The summed E-state index contributed by atoms with van der Waals surface area (Å²) in [6.45, 7) is 4.24. The van der Waals surface area contributed by atoms with Crippen LogP contribution in [0.4, 0.5) is 0 Å². The van der Waals surface area contributed by atoms with Gasteiger partial charge >= 0.3 is 7.94 Å². The summed E-state index contributed by atoms with van der Waals surface area (Å²) in [6, 6.07) is 0. The predicted octanol–water partition coefficient (Wildman–Crippen LogP) is 1.40. The molecule has 0 aliphatic carbocycles. The average Bonchev–Trinajstić information content (AvgIpc) is 1.89. The molecule has 0 aliphatic rings. The third kappa shape index (κ3) is 3.14. The van der Waals surface area contributed by atoms with E-state index in [2.05, 4.69) is 5.66 Å². The van der Waals surface area contributed by atoms with Crippen molar-refractivity contribution in [3.05, 3.63) is 0 Å². The zero-order chi connectivity index (χ0) is 8.04. The summed E-state index contributed by atoms with van der Waals surface area (Å²) in [6.07, 6.45) is 4.98. The Morgan fingerprint density at radius 3 is 2.00 bits per heavy atom. The van der Waals surface area contributed by atoms with Gasteiger partial charge in [0.25, 0.3) is 0 Å². The van der Waals surface area contributed by atoms with Crippen molar-refractivity contribution in [1.29, 1.82) is 0 Å². The molecule has 0 fully saturated rings. The number of hydrogen-bond acceptors (Lipinski definition) is 3. The molecule has 4 heteroatoms. The van der Waals surface area contributed by atoms with Gasteiger partial charge in [0.05, 0.1) is 13.2 Å². The van der Waals surface area contributed by atoms with Crippen LogP contribution in [0, 0.1) is 12.1 Å². The van der Waals surface area contributed by atoms with Crippen LogP contribution in [-0.4, -0.2) is 18.1 Å². The Balaban J connectivity index is 3.85. The summed E-state index contributed by atoms with van der Waals surface area (Å²) in [5, 5.41) is 0. The van der Waals surface area contributed by atoms with Crippen LogP contribution in [0.5, 0.6) is 0 Å². The van der Waals surface area contributed by atoms with Crippen LogP contribution < -0.4 is 0 Å². The van der Waals surface area contributed by atoms with E-state index in [1.165, 1.54) is 0 Å². The standard InChI is InChI=1S/C6H12O3P/c1-4-8-10(7,6-3)9-5-2/h3,7H,4-5H2,1-2H3/q+1. The minimum atomic E-state index is -2.92. The predicted molar refractivity (Wildman–Crippen MR) is 41.2 cm³/mol. The Hall–Kier alpha value is -0.130. The molecule has 0 aromatic heterocycles. The molecule has 0 aromatic carbocycles. The number of terminal acetylenes is 1. The second kappa shape index (κ2) is 4.65. The molecule has 0 radical (unpaired) electrons. The molecule has 0 unspecified atom stereocenters. The monoisotopic (exact) mass is 163 g/mol. The van der Waals surface area contributed by atoms with Crippen molar-refractivity contribution in [2.24, 2.45) is 0 Å². The maximum absolute atomic E-state index is 9.25. The van der Waals surface area contributed by atoms with Gasteiger partial charge in [0, 0.05) is 0 Å². The van der Waals surface area contributed by atoms with Gasteiger partial charge in [-0.3, -0.25) is 0 Å². The summed E-state index contributed by atoms with van der Waals surface area (Å²) in [5.41, 5.74) is 2.10. The lowest BCUT2D eigenvalue weighted by atomic mass is 10.9. The fourth-order valence-corrected chi connectivity index (χ4v) is 1.39. The quantitative estimate of drug-likeness (QED) is 0.503. The lowest BCUT2D eigenvalue weighted by molar-refractivity contribution is 0.201. The van der Waals surface area contributed by atoms with Gasteiger partial charge in [-0.15, -0.1) is 0 Å². The first-order valence-electron chi connectivity index (χ1n) is 3.07. The van der Waals surface area contributed by atoms with E-state index in [4.69, 9.17) is 15.5 Å². The average molecular weight is 163 g/mol. The van der Waals surface area contributed by atoms with Gasteiger partial charge < -0.3 is 0 Å². The molecule has 0 spiro atoms. The molecule has 58 valence electrons. The van der Waals surface area contributed by atoms with E-state index < -0.39 is 7.94 Å². The van der Waals surface area contributed by atoms with Crippen molar-refractivity contribution < 1.29 is 13.9 Å². The highest BCUT2D eigenvalue weighted by molar-refractivity contribution is 7.65. The largest absolute Gasteiger partial charge is 0.496 e. The van der Waals surface area contributed by atoms with Crippen LogP contribution in [0.2, 0.25) is 0 Å². The van der Waals surface area contributed by atoms with Crippen molar-refractivity contribution in [3.8, 4) is 12.1 Å². The van der Waals surface area contributed by atoms with Crippen LogP contribution in [0.1, 0.15) is 13.8 Å². The summed E-state index contributed by atoms with van der Waals surface area (Å²) >= 11 is 0. The lowest BCUT2D eigenvalue weighted by Crippen LogP contribution is -1.99. The molecular formula is C6H12O3P+. The molecule has 0 atom stereocenters. The third-order valence-electron chi connectivity index (χ3n) is 0.771. The van der Waals surface area contributed by atoms with E-state index in [1.807, 2.05) is 0 Å². The van der Waals surface area contributed by atoms with Gasteiger partial charge in [-0.1, -0.05) is 6.42 Å². The van der Waals surface area contributed by atoms with E-state index >= 15 is 0 Å². The van der Waals surface area contributed by atoms with Crippen LogP contribution in [0.15, 0.2) is 0 Å². The smallest absolute Gasteiger partial charge is 0.182 e. The maximum Gasteiger partial charge on any atom is 0.496 e. The molecule has 0 rings (SSSR count). The van der Waals surface area contributed by atoms with E-state index in [-0.39, 0.29) is 0 Å². The molecule has 0 bridgehead atoms. The molecule has 3 nitrogen and oxygen atoms in total. The Kier molecular flexibility index (Phi) is 4.59. The summed E-state index contributed by atoms with van der Waals surface area (Å²) in [4.78, 5) is 9.25. The van der Waals surface area contributed by atoms with Gasteiger partial charge in [-0.25, -0.2) is 0 Å². The highest BCUT2D eigenvalue weighted by Crippen LogP contribution is 2.55. The van der Waals surface area contributed by atoms with E-state index in [9.17, 15) is 4.89 Å². The molecular weight excluding hydrogens is 151 g/mol. The number of hydrogen-bond donors (Lipinski definition) is 1. The van der Waals surface area contributed by atoms with Crippen molar-refractivity contribution in [2.75, 3.05) is 13.2 Å². The normalized spacial score (nSPS) is 11.0. The van der Waals surface area contributed by atoms with Crippen molar-refractivity contribution >= 4 is 7.94 Å². The molecule has 0 heterocycles. The topological polar surface area (TPSA) is 38.7 Å². The maximum atomic E-state index is 9.25. The van der Waals surface area contributed by atoms with Crippen molar-refractivity contribution in [3.63, 3.8) is 0 Å². The van der Waals surface area contributed by atoms with Gasteiger partial charge in [-0.05, 0) is 13.8 Å². The van der Waals surface area contributed by atoms with Gasteiger partial charge in [0.2, 0.25) is 0 Å². The zero-order valence-corrected chi connectivity index (χ0v) is 7.10. The summed E-state index contributed by atoms with van der Waals surface area (Å²) in [5.74, 6) is 0. The molecule has 1 N–H and O–H groups in total. The third-order valence-corrected chi connectivity index (χ3v) is 2.31. The first kappa shape index (κ1) is 9.87. The lowest BCUT2D eigenvalue weighted by Gasteiger charge is -2.06. The van der Waals surface area contributed by atoms with Crippen LogP contribution in [0.3, 0.4) is 0 Å². The molecule has 0 aliphatic heterocycles. The van der Waals surface area contributed by atoms with Crippen molar-refractivity contribution in [2.45, 2.75) is 13.8 Å². The van der Waals surface area contributed by atoms with Crippen LogP contribution >= 0.6 is 7.94 Å². The van der Waals surface area contributed by atoms with Crippen molar-refractivity contribution in [1.82, 2.24) is 0 Å². The molecule has 0 amide bonds. The van der Waals surface area contributed by atoms with Gasteiger partial charge in [0.15, 0.2) is 5.66 Å². The fraction of sp³-hybridized carbons (Fsp3) is 0.667. The Bertz CT molecular complexity index is 123. The first-order valence-corrected chi connectivity index (χ1v) is 4.65. The molecule has 0 saturated carbocycles.